The molecule has 0 fully saturated rings. The van der Waals surface area contributed by atoms with E-state index in [9.17, 15) is 4.79 Å². The van der Waals surface area contributed by atoms with E-state index in [-0.39, 0.29) is 12.4 Å². The van der Waals surface area contributed by atoms with E-state index in [0.717, 1.165) is 43.4 Å². The van der Waals surface area contributed by atoms with Gasteiger partial charge in [-0.05, 0) is 75.4 Å². The maximum absolute atomic E-state index is 11.7. The van der Waals surface area contributed by atoms with E-state index in [1.165, 1.54) is 11.8 Å². The molecule has 0 aromatic heterocycles. The SMILES string of the molecule is C/C=C/N.C/C=C/NC1=CC(=O)CC(C2=CCCC=C2)C1.OCC1=CCCC=C1. The number of ketones is 1. The number of aliphatic hydroxyl groups is 1. The van der Waals surface area contributed by atoms with Gasteiger partial charge in [0, 0.05) is 18.2 Å². The fourth-order valence-corrected chi connectivity index (χ4v) is 3.14. The molecule has 0 heterocycles. The molecule has 3 aliphatic carbocycles. The molecule has 0 aromatic carbocycles. The van der Waals surface area contributed by atoms with Crippen LogP contribution in [0.5, 0.6) is 0 Å². The first-order valence-electron chi connectivity index (χ1n) is 10.4. The van der Waals surface area contributed by atoms with Crippen molar-refractivity contribution in [1.29, 1.82) is 0 Å². The third-order valence-electron chi connectivity index (χ3n) is 4.63. The molecule has 0 aromatic rings. The lowest BCUT2D eigenvalue weighted by Crippen LogP contribution is -2.21. The van der Waals surface area contributed by atoms with Crippen molar-refractivity contribution in [2.45, 2.75) is 52.4 Å². The predicted molar refractivity (Wildman–Crippen MR) is 123 cm³/mol. The van der Waals surface area contributed by atoms with E-state index in [0.29, 0.717) is 12.3 Å². The first-order valence-corrected chi connectivity index (χ1v) is 10.4. The summed E-state index contributed by atoms with van der Waals surface area (Å²) in [7, 11) is 0. The van der Waals surface area contributed by atoms with Crippen LogP contribution in [0.15, 0.2) is 83.9 Å². The second kappa shape index (κ2) is 15.3. The zero-order valence-corrected chi connectivity index (χ0v) is 17.8. The van der Waals surface area contributed by atoms with Crippen molar-refractivity contribution < 1.29 is 9.90 Å². The highest BCUT2D eigenvalue weighted by atomic mass is 16.3. The third kappa shape index (κ3) is 10.5. The van der Waals surface area contributed by atoms with E-state index >= 15 is 0 Å². The van der Waals surface area contributed by atoms with Crippen LogP contribution < -0.4 is 11.1 Å². The predicted octanol–water partition coefficient (Wildman–Crippen LogP) is 4.98. The van der Waals surface area contributed by atoms with Gasteiger partial charge in [-0.3, -0.25) is 4.79 Å². The summed E-state index contributed by atoms with van der Waals surface area (Å²) < 4.78 is 0. The van der Waals surface area contributed by atoms with Gasteiger partial charge >= 0.3 is 0 Å². The van der Waals surface area contributed by atoms with E-state index in [1.54, 1.807) is 12.2 Å². The number of carbonyl (C=O) groups is 1. The minimum absolute atomic E-state index is 0.191. The van der Waals surface area contributed by atoms with Crippen LogP contribution in [0.4, 0.5) is 0 Å². The number of carbonyl (C=O) groups excluding carboxylic acids is 1. The van der Waals surface area contributed by atoms with Crippen molar-refractivity contribution in [3.63, 3.8) is 0 Å². The molecule has 4 heteroatoms. The second-order valence-corrected chi connectivity index (χ2v) is 7.01. The molecule has 0 saturated carbocycles. The van der Waals surface area contributed by atoms with Crippen LogP contribution >= 0.6 is 0 Å². The molecule has 0 bridgehead atoms. The first-order chi connectivity index (χ1) is 14.1. The van der Waals surface area contributed by atoms with Gasteiger partial charge in [-0.25, -0.2) is 0 Å². The summed E-state index contributed by atoms with van der Waals surface area (Å²) in [5, 5.41) is 11.8. The van der Waals surface area contributed by atoms with Crippen molar-refractivity contribution in [1.82, 2.24) is 5.32 Å². The first kappa shape index (κ1) is 24.4. The van der Waals surface area contributed by atoms with E-state index in [1.807, 2.05) is 32.2 Å². The summed E-state index contributed by atoms with van der Waals surface area (Å²) >= 11 is 0. The minimum Gasteiger partial charge on any atom is -0.405 e. The van der Waals surface area contributed by atoms with Crippen LogP contribution in [0.3, 0.4) is 0 Å². The lowest BCUT2D eigenvalue weighted by Gasteiger charge is -2.24. The quantitative estimate of drug-likeness (QED) is 0.626. The minimum atomic E-state index is 0.191. The summed E-state index contributed by atoms with van der Waals surface area (Å²) in [6, 6.07) is 0. The Kier molecular flexibility index (Phi) is 12.9. The van der Waals surface area contributed by atoms with Gasteiger partial charge in [0.15, 0.2) is 5.78 Å². The monoisotopic (exact) mass is 396 g/mol. The Labute approximate surface area is 176 Å². The maximum atomic E-state index is 11.7. The molecule has 0 amide bonds. The molecule has 1 unspecified atom stereocenters. The Morgan fingerprint density at radius 3 is 2.24 bits per heavy atom. The van der Waals surface area contributed by atoms with Gasteiger partial charge in [-0.1, -0.05) is 48.6 Å². The molecule has 158 valence electrons. The smallest absolute Gasteiger partial charge is 0.158 e. The fourth-order valence-electron chi connectivity index (χ4n) is 3.14. The number of rotatable bonds is 4. The normalized spacial score (nSPS) is 20.9. The number of aliphatic hydroxyl groups excluding tert-OH is 1. The van der Waals surface area contributed by atoms with Gasteiger partial charge in [0.25, 0.3) is 0 Å². The molecule has 1 atom stereocenters. The van der Waals surface area contributed by atoms with Gasteiger partial charge < -0.3 is 16.2 Å². The molecule has 29 heavy (non-hydrogen) atoms. The van der Waals surface area contributed by atoms with Gasteiger partial charge in [0.1, 0.15) is 0 Å². The van der Waals surface area contributed by atoms with Gasteiger partial charge in [0.05, 0.1) is 6.61 Å². The lowest BCUT2D eigenvalue weighted by atomic mass is 9.83. The van der Waals surface area contributed by atoms with Crippen molar-refractivity contribution in [3.8, 4) is 0 Å². The van der Waals surface area contributed by atoms with Crippen molar-refractivity contribution in [2.24, 2.45) is 11.7 Å². The van der Waals surface area contributed by atoms with Crippen molar-refractivity contribution in [2.75, 3.05) is 6.61 Å². The molecular formula is C25H36N2O2. The highest BCUT2D eigenvalue weighted by Crippen LogP contribution is 2.30. The number of nitrogens with two attached hydrogens (primary N) is 1. The topological polar surface area (TPSA) is 75.3 Å². The summed E-state index contributed by atoms with van der Waals surface area (Å²) in [6.45, 7) is 4.03. The van der Waals surface area contributed by atoms with E-state index in [2.05, 4.69) is 35.7 Å². The molecule has 0 saturated heterocycles. The number of allylic oxidation sites excluding steroid dienone is 10. The van der Waals surface area contributed by atoms with Gasteiger partial charge in [0.2, 0.25) is 0 Å². The number of nitrogens with one attached hydrogen (secondary N) is 1. The van der Waals surface area contributed by atoms with Gasteiger partial charge in [-0.15, -0.1) is 0 Å². The molecule has 3 aliphatic rings. The highest BCUT2D eigenvalue weighted by Gasteiger charge is 2.22. The summed E-state index contributed by atoms with van der Waals surface area (Å²) in [5.41, 5.74) is 8.26. The molecular weight excluding hydrogens is 360 g/mol. The van der Waals surface area contributed by atoms with Gasteiger partial charge in [-0.2, -0.15) is 0 Å². The summed E-state index contributed by atoms with van der Waals surface area (Å²) in [5.74, 6) is 0.588. The Bertz CT molecular complexity index is 702. The van der Waals surface area contributed by atoms with E-state index in [4.69, 9.17) is 10.8 Å². The largest absolute Gasteiger partial charge is 0.405 e. The average molecular weight is 397 g/mol. The summed E-state index contributed by atoms with van der Waals surface area (Å²) in [6.07, 6.45) is 27.7. The summed E-state index contributed by atoms with van der Waals surface area (Å²) in [4.78, 5) is 11.7. The zero-order valence-electron chi connectivity index (χ0n) is 17.8. The molecule has 0 aliphatic heterocycles. The van der Waals surface area contributed by atoms with Crippen LogP contribution in [0.25, 0.3) is 0 Å². The Hall–Kier alpha value is -2.59. The zero-order chi connectivity index (χ0) is 21.3. The Morgan fingerprint density at radius 1 is 1.07 bits per heavy atom. The van der Waals surface area contributed by atoms with Crippen LogP contribution in [-0.2, 0) is 4.79 Å². The lowest BCUT2D eigenvalue weighted by molar-refractivity contribution is -0.115. The average Bonchev–Trinajstić information content (AvgIpc) is 2.79. The van der Waals surface area contributed by atoms with Crippen LogP contribution in [0.2, 0.25) is 0 Å². The Balaban J connectivity index is 0.000000290. The van der Waals surface area contributed by atoms with Crippen molar-refractivity contribution in [3.05, 3.63) is 83.9 Å². The molecule has 4 nitrogen and oxygen atoms in total. The van der Waals surface area contributed by atoms with Crippen LogP contribution in [-0.4, -0.2) is 17.5 Å². The molecule has 3 rings (SSSR count). The number of hydrogen-bond donors (Lipinski definition) is 3. The van der Waals surface area contributed by atoms with Crippen molar-refractivity contribution >= 4 is 5.78 Å². The Morgan fingerprint density at radius 2 is 1.76 bits per heavy atom. The second-order valence-electron chi connectivity index (χ2n) is 7.01. The standard InChI is InChI=1S/C15H19NO.C7H10O.C3H7N/c1-2-8-16-14-9-13(10-15(17)11-14)12-6-4-3-5-7-12;8-6-7-4-2-1-3-5-7;1-2-3-4/h2,4,6-8,11,13,16H,3,5,9-10H2,1H3;2,4-5,8H,1,3,6H2;2-3H,4H2,1H3/b8-2+;;3-2+. The molecule has 0 spiro atoms. The fraction of sp³-hybridized carbons (Fsp3) is 0.400. The molecule has 4 N–H and O–H groups in total. The number of hydrogen-bond acceptors (Lipinski definition) is 4. The van der Waals surface area contributed by atoms with Crippen LogP contribution in [0, 0.1) is 5.92 Å². The molecule has 0 radical (unpaired) electrons. The highest BCUT2D eigenvalue weighted by molar-refractivity contribution is 5.91. The maximum Gasteiger partial charge on any atom is 0.158 e. The van der Waals surface area contributed by atoms with Crippen LogP contribution in [0.1, 0.15) is 52.4 Å². The third-order valence-corrected chi connectivity index (χ3v) is 4.63. The van der Waals surface area contributed by atoms with E-state index < -0.39 is 0 Å².